The molecule has 4 nitrogen and oxygen atoms in total. The van der Waals surface area contributed by atoms with Crippen molar-refractivity contribution in [1.29, 1.82) is 0 Å². The van der Waals surface area contributed by atoms with E-state index in [4.69, 9.17) is 10.5 Å². The molecule has 0 aromatic carbocycles. The summed E-state index contributed by atoms with van der Waals surface area (Å²) in [6, 6.07) is -0.171. The summed E-state index contributed by atoms with van der Waals surface area (Å²) in [5.41, 5.74) is 6.97. The number of aryl methyl sites for hydroxylation is 1. The second kappa shape index (κ2) is 3.22. The minimum absolute atomic E-state index is 0.171. The number of aromatic nitrogens is 2. The van der Waals surface area contributed by atoms with Crippen molar-refractivity contribution in [3.8, 4) is 0 Å². The summed E-state index contributed by atoms with van der Waals surface area (Å²) in [4.78, 5) is 4.01. The molecule has 0 amide bonds. The van der Waals surface area contributed by atoms with Gasteiger partial charge >= 0.3 is 0 Å². The van der Waals surface area contributed by atoms with Crippen molar-refractivity contribution in [3.63, 3.8) is 0 Å². The van der Waals surface area contributed by atoms with E-state index < -0.39 is 0 Å². The Morgan fingerprint density at radius 1 is 1.69 bits per heavy atom. The van der Waals surface area contributed by atoms with Crippen LogP contribution < -0.4 is 5.73 Å². The van der Waals surface area contributed by atoms with Crippen LogP contribution in [-0.4, -0.2) is 16.2 Å². The average Bonchev–Trinajstić information content (AvgIpc) is 2.72. The summed E-state index contributed by atoms with van der Waals surface area (Å²) < 4.78 is 7.30. The van der Waals surface area contributed by atoms with Gasteiger partial charge in [-0.15, -0.1) is 0 Å². The van der Waals surface area contributed by atoms with E-state index in [2.05, 4.69) is 4.98 Å². The molecule has 0 radical (unpaired) electrons. The molecule has 70 valence electrons. The Morgan fingerprint density at radius 3 is 3.08 bits per heavy atom. The quantitative estimate of drug-likeness (QED) is 0.728. The van der Waals surface area contributed by atoms with Gasteiger partial charge in [-0.25, -0.2) is 4.98 Å². The normalized spacial score (nSPS) is 18.2. The zero-order valence-electron chi connectivity index (χ0n) is 7.60. The molecule has 1 aromatic heterocycles. The number of imidazole rings is 1. The van der Waals surface area contributed by atoms with E-state index in [1.54, 1.807) is 12.5 Å². The van der Waals surface area contributed by atoms with Crippen LogP contribution in [0.4, 0.5) is 0 Å². The topological polar surface area (TPSA) is 53.1 Å². The Kier molecular flexibility index (Phi) is 2.06. The van der Waals surface area contributed by atoms with E-state index in [9.17, 15) is 0 Å². The summed E-state index contributed by atoms with van der Waals surface area (Å²) in [6.07, 6.45) is 6.51. The fourth-order valence-corrected chi connectivity index (χ4v) is 1.47. The molecule has 13 heavy (non-hydrogen) atoms. The van der Waals surface area contributed by atoms with Crippen LogP contribution >= 0.6 is 0 Å². The molecule has 1 aliphatic rings. The lowest BCUT2D eigenvalue weighted by molar-refractivity contribution is 0.223. The van der Waals surface area contributed by atoms with Crippen LogP contribution in [0, 0.1) is 0 Å². The molecular formula is C9H13N3O. The van der Waals surface area contributed by atoms with Gasteiger partial charge in [0.2, 0.25) is 0 Å². The van der Waals surface area contributed by atoms with Gasteiger partial charge in [-0.05, 0) is 6.08 Å². The predicted molar refractivity (Wildman–Crippen MR) is 48.8 cm³/mol. The van der Waals surface area contributed by atoms with Crippen LogP contribution in [0.25, 0.3) is 0 Å². The second-order valence-electron chi connectivity index (χ2n) is 3.15. The van der Waals surface area contributed by atoms with Gasteiger partial charge in [-0.2, -0.15) is 0 Å². The Hall–Kier alpha value is -1.29. The number of rotatable bonds is 2. The Bertz CT molecular complexity index is 329. The third kappa shape index (κ3) is 1.45. The van der Waals surface area contributed by atoms with Gasteiger partial charge in [0.15, 0.2) is 0 Å². The molecule has 0 saturated carbocycles. The third-order valence-corrected chi connectivity index (χ3v) is 2.21. The molecule has 2 rings (SSSR count). The van der Waals surface area contributed by atoms with Crippen LogP contribution in [-0.2, 0) is 11.8 Å². The van der Waals surface area contributed by atoms with E-state index in [1.165, 1.54) is 0 Å². The summed E-state index contributed by atoms with van der Waals surface area (Å²) in [5.74, 6) is 0.864. The van der Waals surface area contributed by atoms with Crippen LogP contribution in [0.5, 0.6) is 0 Å². The molecule has 1 atom stereocenters. The van der Waals surface area contributed by atoms with Gasteiger partial charge in [0.1, 0.15) is 11.8 Å². The first-order valence-electron chi connectivity index (χ1n) is 4.33. The second-order valence-corrected chi connectivity index (χ2v) is 3.15. The van der Waals surface area contributed by atoms with E-state index in [0.29, 0.717) is 0 Å². The lowest BCUT2D eigenvalue weighted by Gasteiger charge is -2.13. The molecule has 4 heteroatoms. The average molecular weight is 179 g/mol. The molecule has 1 aromatic rings. The van der Waals surface area contributed by atoms with Gasteiger partial charge in [0.25, 0.3) is 0 Å². The van der Waals surface area contributed by atoms with Crippen LogP contribution in [0.15, 0.2) is 24.4 Å². The Labute approximate surface area is 77.0 Å². The van der Waals surface area contributed by atoms with E-state index in [-0.39, 0.29) is 6.04 Å². The van der Waals surface area contributed by atoms with Crippen molar-refractivity contribution in [3.05, 3.63) is 30.1 Å². The van der Waals surface area contributed by atoms with Crippen molar-refractivity contribution in [2.75, 3.05) is 6.61 Å². The highest BCUT2D eigenvalue weighted by Gasteiger charge is 2.18. The van der Waals surface area contributed by atoms with Crippen LogP contribution in [0.3, 0.4) is 0 Å². The van der Waals surface area contributed by atoms with Crippen molar-refractivity contribution >= 4 is 0 Å². The Balaban J connectivity index is 2.21. The maximum Gasteiger partial charge on any atom is 0.115 e. The summed E-state index contributed by atoms with van der Waals surface area (Å²) in [5, 5.41) is 0. The molecule has 2 heterocycles. The zero-order chi connectivity index (χ0) is 9.26. The van der Waals surface area contributed by atoms with E-state index in [0.717, 1.165) is 24.5 Å². The Morgan fingerprint density at radius 2 is 2.54 bits per heavy atom. The van der Waals surface area contributed by atoms with Crippen molar-refractivity contribution in [1.82, 2.24) is 9.55 Å². The maximum atomic E-state index is 5.99. The van der Waals surface area contributed by atoms with Crippen molar-refractivity contribution < 1.29 is 4.74 Å². The number of hydrogen-bond acceptors (Lipinski definition) is 3. The highest BCUT2D eigenvalue weighted by atomic mass is 16.5. The fourth-order valence-electron chi connectivity index (χ4n) is 1.47. The third-order valence-electron chi connectivity index (χ3n) is 2.21. The molecule has 0 fully saturated rings. The lowest BCUT2D eigenvalue weighted by Crippen LogP contribution is -2.16. The minimum Gasteiger partial charge on any atom is -0.496 e. The lowest BCUT2D eigenvalue weighted by atomic mass is 10.2. The largest absolute Gasteiger partial charge is 0.496 e. The molecular weight excluding hydrogens is 166 g/mol. The van der Waals surface area contributed by atoms with Gasteiger partial charge in [0.05, 0.1) is 24.8 Å². The van der Waals surface area contributed by atoms with Gasteiger partial charge < -0.3 is 15.0 Å². The molecule has 0 saturated heterocycles. The van der Waals surface area contributed by atoms with Gasteiger partial charge in [-0.1, -0.05) is 0 Å². The number of nitrogens with zero attached hydrogens (tertiary/aromatic N) is 2. The molecule has 2 N–H and O–H groups in total. The molecule has 0 bridgehead atoms. The highest BCUT2D eigenvalue weighted by Crippen LogP contribution is 2.23. The standard InChI is InChI=1S/C9H13N3O/c1-12-6-11-5-7(12)9(10)8-3-2-4-13-8/h3,5-6,9H,2,4,10H2,1H3. The monoisotopic (exact) mass is 179 g/mol. The SMILES string of the molecule is Cn1cncc1C(N)C1=CCCO1. The van der Waals surface area contributed by atoms with E-state index in [1.807, 2.05) is 17.7 Å². The van der Waals surface area contributed by atoms with Gasteiger partial charge in [-0.3, -0.25) is 0 Å². The maximum absolute atomic E-state index is 5.99. The first-order chi connectivity index (χ1) is 6.29. The van der Waals surface area contributed by atoms with Gasteiger partial charge in [0, 0.05) is 13.5 Å². The number of ether oxygens (including phenoxy) is 1. The molecule has 1 unspecified atom stereocenters. The van der Waals surface area contributed by atoms with Crippen LogP contribution in [0.1, 0.15) is 18.2 Å². The first kappa shape index (κ1) is 8.31. The van der Waals surface area contributed by atoms with E-state index >= 15 is 0 Å². The summed E-state index contributed by atoms with van der Waals surface area (Å²) in [7, 11) is 1.93. The van der Waals surface area contributed by atoms with Crippen molar-refractivity contribution in [2.24, 2.45) is 12.8 Å². The highest BCUT2D eigenvalue weighted by molar-refractivity contribution is 5.18. The smallest absolute Gasteiger partial charge is 0.115 e. The summed E-state index contributed by atoms with van der Waals surface area (Å²) in [6.45, 7) is 0.751. The summed E-state index contributed by atoms with van der Waals surface area (Å²) >= 11 is 0. The molecule has 0 spiro atoms. The predicted octanol–water partition coefficient (Wildman–Crippen LogP) is 0.724. The zero-order valence-corrected chi connectivity index (χ0v) is 7.60. The number of nitrogens with two attached hydrogens (primary N) is 1. The molecule has 1 aliphatic heterocycles. The first-order valence-corrected chi connectivity index (χ1v) is 4.33. The molecule has 0 aliphatic carbocycles. The minimum atomic E-state index is -0.171. The fraction of sp³-hybridized carbons (Fsp3) is 0.444. The number of hydrogen-bond donors (Lipinski definition) is 1. The van der Waals surface area contributed by atoms with Crippen molar-refractivity contribution in [2.45, 2.75) is 12.5 Å². The van der Waals surface area contributed by atoms with Crippen LogP contribution in [0.2, 0.25) is 0 Å².